The monoisotopic (exact) mass is 297 g/mol. The fourth-order valence-electron chi connectivity index (χ4n) is 3.44. The van der Waals surface area contributed by atoms with Gasteiger partial charge >= 0.3 is 0 Å². The van der Waals surface area contributed by atoms with Gasteiger partial charge < -0.3 is 9.72 Å². The van der Waals surface area contributed by atoms with Crippen molar-refractivity contribution in [3.05, 3.63) is 52.4 Å². The van der Waals surface area contributed by atoms with E-state index in [4.69, 9.17) is 4.74 Å². The Bertz CT molecular complexity index is 670. The van der Waals surface area contributed by atoms with Crippen LogP contribution < -0.4 is 10.3 Å². The third-order valence-corrected chi connectivity index (χ3v) is 4.57. The highest BCUT2D eigenvalue weighted by atomic mass is 16.5. The normalized spacial score (nSPS) is 15.7. The second kappa shape index (κ2) is 6.82. The third kappa shape index (κ3) is 3.24. The Morgan fingerprint density at radius 1 is 1.14 bits per heavy atom. The summed E-state index contributed by atoms with van der Waals surface area (Å²) in [5, 5.41) is 0. The van der Waals surface area contributed by atoms with Crippen molar-refractivity contribution in [3.63, 3.8) is 0 Å². The van der Waals surface area contributed by atoms with Crippen molar-refractivity contribution in [2.45, 2.75) is 38.5 Å². The van der Waals surface area contributed by atoms with E-state index < -0.39 is 0 Å². The molecule has 0 saturated heterocycles. The lowest BCUT2D eigenvalue weighted by molar-refractivity contribution is 0.353. The number of hydrogen-bond donors (Lipinski definition) is 1. The predicted molar refractivity (Wildman–Crippen MR) is 89.3 cm³/mol. The number of methoxy groups -OCH3 is 1. The molecule has 1 aromatic carbocycles. The molecule has 3 rings (SSSR count). The van der Waals surface area contributed by atoms with Gasteiger partial charge in [0.25, 0.3) is 5.56 Å². The zero-order valence-corrected chi connectivity index (χ0v) is 13.1. The van der Waals surface area contributed by atoms with Crippen LogP contribution in [0.5, 0.6) is 5.75 Å². The molecule has 0 unspecified atom stereocenters. The van der Waals surface area contributed by atoms with Crippen molar-refractivity contribution in [2.75, 3.05) is 7.11 Å². The molecule has 2 aromatic rings. The molecule has 1 heterocycles. The average Bonchev–Trinajstić information content (AvgIpc) is 2.56. The SMILES string of the molecule is COc1cc(CC2CCCCC2)[nH]c(=O)c1-c1ccccc1. The summed E-state index contributed by atoms with van der Waals surface area (Å²) >= 11 is 0. The Balaban J connectivity index is 1.92. The standard InChI is InChI=1S/C19H23NO2/c1-22-17-13-16(12-14-8-4-2-5-9-14)20-19(21)18(17)15-10-6-3-7-11-15/h3,6-7,10-11,13-14H,2,4-5,8-9,12H2,1H3,(H,20,21). The minimum absolute atomic E-state index is 0.0589. The fourth-order valence-corrected chi connectivity index (χ4v) is 3.44. The summed E-state index contributed by atoms with van der Waals surface area (Å²) in [6, 6.07) is 11.7. The second-order valence-electron chi connectivity index (χ2n) is 6.14. The molecular weight excluding hydrogens is 274 g/mol. The van der Waals surface area contributed by atoms with Gasteiger partial charge in [0.15, 0.2) is 0 Å². The van der Waals surface area contributed by atoms with Crippen LogP contribution in [-0.4, -0.2) is 12.1 Å². The van der Waals surface area contributed by atoms with Gasteiger partial charge in [0.05, 0.1) is 12.7 Å². The highest BCUT2D eigenvalue weighted by Gasteiger charge is 2.17. The van der Waals surface area contributed by atoms with E-state index >= 15 is 0 Å². The van der Waals surface area contributed by atoms with Crippen molar-refractivity contribution in [1.82, 2.24) is 4.98 Å². The highest BCUT2D eigenvalue weighted by molar-refractivity contribution is 5.69. The lowest BCUT2D eigenvalue weighted by atomic mass is 9.86. The number of nitrogens with one attached hydrogen (secondary N) is 1. The number of benzene rings is 1. The molecule has 0 aliphatic heterocycles. The zero-order chi connectivity index (χ0) is 15.4. The van der Waals surface area contributed by atoms with Crippen molar-refractivity contribution >= 4 is 0 Å². The molecule has 3 heteroatoms. The average molecular weight is 297 g/mol. The number of pyridine rings is 1. The smallest absolute Gasteiger partial charge is 0.259 e. The number of aromatic nitrogens is 1. The van der Waals surface area contributed by atoms with Gasteiger partial charge in [-0.3, -0.25) is 4.79 Å². The number of rotatable bonds is 4. The summed E-state index contributed by atoms with van der Waals surface area (Å²) < 4.78 is 5.49. The first-order valence-corrected chi connectivity index (χ1v) is 8.13. The summed E-state index contributed by atoms with van der Waals surface area (Å²) in [4.78, 5) is 15.6. The van der Waals surface area contributed by atoms with Gasteiger partial charge in [0.2, 0.25) is 0 Å². The number of ether oxygens (including phenoxy) is 1. The molecule has 1 fully saturated rings. The quantitative estimate of drug-likeness (QED) is 0.920. The molecule has 1 saturated carbocycles. The van der Waals surface area contributed by atoms with Crippen molar-refractivity contribution in [1.29, 1.82) is 0 Å². The second-order valence-corrected chi connectivity index (χ2v) is 6.14. The molecule has 0 radical (unpaired) electrons. The van der Waals surface area contributed by atoms with Gasteiger partial charge in [-0.05, 0) is 17.9 Å². The summed E-state index contributed by atoms with van der Waals surface area (Å²) in [6.45, 7) is 0. The van der Waals surface area contributed by atoms with Crippen LogP contribution in [0.15, 0.2) is 41.2 Å². The Morgan fingerprint density at radius 3 is 2.55 bits per heavy atom. The fraction of sp³-hybridized carbons (Fsp3) is 0.421. The van der Waals surface area contributed by atoms with Crippen LogP contribution >= 0.6 is 0 Å². The number of H-pyrrole nitrogens is 1. The van der Waals surface area contributed by atoms with E-state index in [-0.39, 0.29) is 5.56 Å². The summed E-state index contributed by atoms with van der Waals surface area (Å²) in [5.74, 6) is 1.36. The van der Waals surface area contributed by atoms with Crippen molar-refractivity contribution in [3.8, 4) is 16.9 Å². The minimum Gasteiger partial charge on any atom is -0.496 e. The number of hydrogen-bond acceptors (Lipinski definition) is 2. The van der Waals surface area contributed by atoms with Crippen LogP contribution in [0.2, 0.25) is 0 Å². The van der Waals surface area contributed by atoms with Gasteiger partial charge in [-0.1, -0.05) is 62.4 Å². The van der Waals surface area contributed by atoms with Gasteiger partial charge in [0, 0.05) is 11.8 Å². The molecule has 1 N–H and O–H groups in total. The first kappa shape index (κ1) is 14.9. The van der Waals surface area contributed by atoms with E-state index in [1.165, 1.54) is 32.1 Å². The Hall–Kier alpha value is -2.03. The minimum atomic E-state index is -0.0589. The molecule has 0 amide bonds. The van der Waals surface area contributed by atoms with E-state index in [9.17, 15) is 4.79 Å². The number of aromatic amines is 1. The lowest BCUT2D eigenvalue weighted by Gasteiger charge is -2.21. The van der Waals surface area contributed by atoms with Crippen LogP contribution in [0, 0.1) is 5.92 Å². The molecule has 1 aliphatic rings. The molecule has 1 aliphatic carbocycles. The van der Waals surface area contributed by atoms with E-state index in [0.29, 0.717) is 17.2 Å². The molecular formula is C19H23NO2. The van der Waals surface area contributed by atoms with Crippen LogP contribution in [0.3, 0.4) is 0 Å². The molecule has 0 bridgehead atoms. The largest absolute Gasteiger partial charge is 0.496 e. The van der Waals surface area contributed by atoms with E-state index in [2.05, 4.69) is 4.98 Å². The molecule has 1 aromatic heterocycles. The van der Waals surface area contributed by atoms with E-state index in [1.54, 1.807) is 7.11 Å². The van der Waals surface area contributed by atoms with Crippen LogP contribution in [0.1, 0.15) is 37.8 Å². The van der Waals surface area contributed by atoms with Gasteiger partial charge in [-0.2, -0.15) is 0 Å². The van der Waals surface area contributed by atoms with Gasteiger partial charge in [0.1, 0.15) is 5.75 Å². The van der Waals surface area contributed by atoms with Crippen LogP contribution in [0.4, 0.5) is 0 Å². The molecule has 22 heavy (non-hydrogen) atoms. The van der Waals surface area contributed by atoms with Crippen LogP contribution in [0.25, 0.3) is 11.1 Å². The zero-order valence-electron chi connectivity index (χ0n) is 13.1. The summed E-state index contributed by atoms with van der Waals surface area (Å²) in [6.07, 6.45) is 7.46. The van der Waals surface area contributed by atoms with E-state index in [0.717, 1.165) is 17.7 Å². The summed E-state index contributed by atoms with van der Waals surface area (Å²) in [7, 11) is 1.63. The Kier molecular flexibility index (Phi) is 4.62. The molecule has 3 nitrogen and oxygen atoms in total. The van der Waals surface area contributed by atoms with Crippen LogP contribution in [-0.2, 0) is 6.42 Å². The molecule has 116 valence electrons. The first-order valence-electron chi connectivity index (χ1n) is 8.13. The molecule has 0 atom stereocenters. The Morgan fingerprint density at radius 2 is 1.86 bits per heavy atom. The molecule has 0 spiro atoms. The van der Waals surface area contributed by atoms with Gasteiger partial charge in [-0.15, -0.1) is 0 Å². The Labute approximate surface area is 131 Å². The maximum Gasteiger partial charge on any atom is 0.259 e. The maximum absolute atomic E-state index is 12.5. The maximum atomic E-state index is 12.5. The van der Waals surface area contributed by atoms with Crippen molar-refractivity contribution < 1.29 is 4.74 Å². The summed E-state index contributed by atoms with van der Waals surface area (Å²) in [5.41, 5.74) is 2.45. The first-order chi connectivity index (χ1) is 10.8. The lowest BCUT2D eigenvalue weighted by Crippen LogP contribution is -2.16. The highest BCUT2D eigenvalue weighted by Crippen LogP contribution is 2.30. The van der Waals surface area contributed by atoms with Gasteiger partial charge in [-0.25, -0.2) is 0 Å². The third-order valence-electron chi connectivity index (χ3n) is 4.57. The van der Waals surface area contributed by atoms with Crippen molar-refractivity contribution in [2.24, 2.45) is 5.92 Å². The van der Waals surface area contributed by atoms with E-state index in [1.807, 2.05) is 36.4 Å². The predicted octanol–water partition coefficient (Wildman–Crippen LogP) is 4.17. The topological polar surface area (TPSA) is 42.1 Å².